The molecule has 0 saturated heterocycles. The SMILES string of the molecule is COc1cc2cc(c1O)Cc1cccc(c1)Cc1cc[nH]c1[N-]CC1=Cc3[n-]ccc3C(CC3(O)C=Cc4c(O)cccc4CC3)C1C(=O)CC(=O)CC2. The number of carbonyl (C=O) groups is 2. The van der Waals surface area contributed by atoms with Crippen molar-refractivity contribution >= 4 is 29.5 Å². The molecular weight excluding hydrogens is 679 g/mol. The van der Waals surface area contributed by atoms with Gasteiger partial charge in [-0.1, -0.05) is 96.0 Å². The Labute approximate surface area is 314 Å². The Morgan fingerprint density at radius 2 is 1.70 bits per heavy atom. The third-order valence-electron chi connectivity index (χ3n) is 11.3. The minimum Gasteiger partial charge on any atom is -0.664 e. The lowest BCUT2D eigenvalue weighted by Gasteiger charge is -2.39. The van der Waals surface area contributed by atoms with E-state index < -0.39 is 17.4 Å². The van der Waals surface area contributed by atoms with Gasteiger partial charge >= 0.3 is 0 Å². The number of Topliss-reactive ketones (excluding diaryl/α,β-unsaturated/α-hetero) is 2. The number of fused-ring (bicyclic) bond motifs is 8. The van der Waals surface area contributed by atoms with Crippen molar-refractivity contribution in [2.75, 3.05) is 13.7 Å². The van der Waals surface area contributed by atoms with Crippen molar-refractivity contribution < 1.29 is 29.6 Å². The van der Waals surface area contributed by atoms with Gasteiger partial charge in [-0.15, -0.1) is 5.69 Å². The number of rotatable bonds is 3. The first-order valence-corrected chi connectivity index (χ1v) is 18.6. The van der Waals surface area contributed by atoms with Crippen LogP contribution in [-0.4, -0.2) is 51.1 Å². The van der Waals surface area contributed by atoms with Crippen LogP contribution in [0.15, 0.2) is 90.8 Å². The summed E-state index contributed by atoms with van der Waals surface area (Å²) in [5.41, 5.74) is 7.33. The van der Waals surface area contributed by atoms with E-state index in [4.69, 9.17) is 10.1 Å². The number of phenolic OH excluding ortho intramolecular Hbond substituents is 2. The van der Waals surface area contributed by atoms with Gasteiger partial charge in [-0.05, 0) is 84.5 Å². The fourth-order valence-electron chi connectivity index (χ4n) is 8.51. The molecule has 276 valence electrons. The number of carbonyl (C=O) groups excluding carboxylic acids is 2. The first kappa shape index (κ1) is 35.2. The predicted octanol–water partition coefficient (Wildman–Crippen LogP) is 7.63. The van der Waals surface area contributed by atoms with Crippen LogP contribution in [0.3, 0.4) is 0 Å². The summed E-state index contributed by atoms with van der Waals surface area (Å²) < 4.78 is 5.52. The van der Waals surface area contributed by atoms with Gasteiger partial charge < -0.3 is 35.3 Å². The minimum absolute atomic E-state index is 0.0700. The van der Waals surface area contributed by atoms with Crippen molar-refractivity contribution in [1.29, 1.82) is 0 Å². The average molecular weight is 722 g/mol. The lowest BCUT2D eigenvalue weighted by atomic mass is 9.68. The predicted molar refractivity (Wildman–Crippen MR) is 207 cm³/mol. The van der Waals surface area contributed by atoms with Crippen molar-refractivity contribution in [2.24, 2.45) is 5.92 Å². The van der Waals surface area contributed by atoms with Crippen LogP contribution >= 0.6 is 0 Å². The van der Waals surface area contributed by atoms with E-state index >= 15 is 0 Å². The van der Waals surface area contributed by atoms with Crippen LogP contribution in [0.5, 0.6) is 17.2 Å². The molecule has 4 bridgehead atoms. The highest BCUT2D eigenvalue weighted by Crippen LogP contribution is 2.47. The molecule has 3 heterocycles. The van der Waals surface area contributed by atoms with Crippen molar-refractivity contribution in [3.63, 3.8) is 0 Å². The lowest BCUT2D eigenvalue weighted by molar-refractivity contribution is -0.129. The number of benzene rings is 3. The Hall–Kier alpha value is -5.80. The topological polar surface area (TPSA) is 148 Å². The third-order valence-corrected chi connectivity index (χ3v) is 11.3. The Balaban J connectivity index is 1.16. The van der Waals surface area contributed by atoms with Crippen LogP contribution in [0.25, 0.3) is 17.5 Å². The number of nitrogens with zero attached hydrogens (tertiary/aromatic N) is 2. The number of phenols is 2. The third kappa shape index (κ3) is 7.11. The number of ketones is 2. The molecule has 8 rings (SSSR count). The summed E-state index contributed by atoms with van der Waals surface area (Å²) in [5, 5.41) is 38.8. The number of ether oxygens (including phenoxy) is 1. The standard InChI is InChI=1S/C45H43N3O6/c1-54-41-22-29-8-9-34(49)24-40(51)42-33(26-48-44-31(12-16-47-44)19-27-4-2-5-28(18-27)20-32(21-29)43(41)52)23-38-36(13-17-46-38)37(42)25-45(53)14-10-30-6-3-7-39(50)35(30)11-15-45/h2-7,11-13,15-18,21-23,37,42,47,50,52-53H,8-10,14,19-20,24-26H2,1H3/q-2. The van der Waals surface area contributed by atoms with Gasteiger partial charge in [0.25, 0.3) is 0 Å². The number of aromatic nitrogens is 2. The summed E-state index contributed by atoms with van der Waals surface area (Å²) >= 11 is 0. The number of aliphatic hydroxyl groups is 1. The molecule has 0 spiro atoms. The Morgan fingerprint density at radius 3 is 2.54 bits per heavy atom. The Bertz CT molecular complexity index is 2300. The summed E-state index contributed by atoms with van der Waals surface area (Å²) in [6.45, 7) is 0.208. The van der Waals surface area contributed by atoms with Gasteiger partial charge in [-0.2, -0.15) is 6.20 Å². The molecule has 0 fully saturated rings. The lowest BCUT2D eigenvalue weighted by Crippen LogP contribution is -2.36. The van der Waals surface area contributed by atoms with E-state index in [0.29, 0.717) is 54.8 Å². The second-order valence-electron chi connectivity index (χ2n) is 14.9. The number of nitrogens with one attached hydrogen (secondary N) is 1. The smallest absolute Gasteiger partial charge is 0.161 e. The summed E-state index contributed by atoms with van der Waals surface area (Å²) in [4.78, 5) is 36.2. The van der Waals surface area contributed by atoms with E-state index in [2.05, 4.69) is 22.1 Å². The van der Waals surface area contributed by atoms with Crippen molar-refractivity contribution in [3.05, 3.63) is 146 Å². The van der Waals surface area contributed by atoms with Gasteiger partial charge in [0, 0.05) is 29.9 Å². The molecule has 9 nitrogen and oxygen atoms in total. The fraction of sp³-hybridized carbons (Fsp3) is 0.289. The van der Waals surface area contributed by atoms with Crippen LogP contribution in [0, 0.1) is 5.92 Å². The number of aromatic hydroxyl groups is 2. The van der Waals surface area contributed by atoms with E-state index in [1.807, 2.05) is 48.7 Å². The van der Waals surface area contributed by atoms with Crippen LogP contribution in [0.1, 0.15) is 81.8 Å². The molecule has 0 amide bonds. The first-order chi connectivity index (χ1) is 26.2. The average Bonchev–Trinajstić information content (AvgIpc) is 3.78. The maximum absolute atomic E-state index is 14.6. The van der Waals surface area contributed by atoms with Gasteiger partial charge in [-0.25, -0.2) is 0 Å². The van der Waals surface area contributed by atoms with E-state index in [1.54, 1.807) is 36.5 Å². The summed E-state index contributed by atoms with van der Waals surface area (Å²) in [7, 11) is 1.51. The van der Waals surface area contributed by atoms with Crippen LogP contribution < -0.4 is 9.72 Å². The quantitative estimate of drug-likeness (QED) is 0.140. The number of aromatic amines is 1. The second kappa shape index (κ2) is 14.6. The molecule has 3 unspecified atom stereocenters. The molecule has 54 heavy (non-hydrogen) atoms. The van der Waals surface area contributed by atoms with Gasteiger partial charge in [0.1, 0.15) is 17.3 Å². The van der Waals surface area contributed by atoms with Gasteiger partial charge in [-0.3, -0.25) is 9.59 Å². The number of hydrogen-bond acceptors (Lipinski definition) is 6. The van der Waals surface area contributed by atoms with Gasteiger partial charge in [0.15, 0.2) is 11.5 Å². The van der Waals surface area contributed by atoms with Gasteiger partial charge in [0.05, 0.1) is 19.1 Å². The number of aryl methyl sites for hydroxylation is 2. The number of hydrogen-bond donors (Lipinski definition) is 4. The molecule has 3 aromatic carbocycles. The first-order valence-electron chi connectivity index (χ1n) is 18.6. The van der Waals surface area contributed by atoms with E-state index in [-0.39, 0.29) is 48.9 Å². The van der Waals surface area contributed by atoms with Crippen molar-refractivity contribution in [1.82, 2.24) is 9.97 Å². The Morgan fingerprint density at radius 1 is 0.889 bits per heavy atom. The molecule has 1 aliphatic heterocycles. The molecular formula is C45H43N3O6-2. The molecule has 9 heteroatoms. The normalized spacial score (nSPS) is 21.5. The highest BCUT2D eigenvalue weighted by Gasteiger charge is 2.40. The highest BCUT2D eigenvalue weighted by molar-refractivity contribution is 6.02. The zero-order chi connectivity index (χ0) is 37.4. The summed E-state index contributed by atoms with van der Waals surface area (Å²) in [6.07, 6.45) is 11.6. The molecule has 0 radical (unpaired) electrons. The molecule has 3 atom stereocenters. The highest BCUT2D eigenvalue weighted by atomic mass is 16.5. The van der Waals surface area contributed by atoms with Crippen molar-refractivity contribution in [2.45, 2.75) is 62.9 Å². The van der Waals surface area contributed by atoms with E-state index in [0.717, 1.165) is 44.6 Å². The van der Waals surface area contributed by atoms with Gasteiger partial charge in [0.2, 0.25) is 0 Å². The number of methoxy groups -OCH3 is 1. The molecule has 3 aliphatic rings. The maximum atomic E-state index is 14.6. The molecule has 2 aromatic heterocycles. The van der Waals surface area contributed by atoms with Crippen LogP contribution in [-0.2, 0) is 35.3 Å². The summed E-state index contributed by atoms with van der Waals surface area (Å²) in [5.74, 6) is -0.315. The van der Waals surface area contributed by atoms with E-state index in [9.17, 15) is 24.9 Å². The van der Waals surface area contributed by atoms with E-state index in [1.165, 1.54) is 7.11 Å². The number of H-pyrrole nitrogens is 1. The molecule has 2 aliphatic carbocycles. The zero-order valence-corrected chi connectivity index (χ0v) is 30.2. The monoisotopic (exact) mass is 721 g/mol. The van der Waals surface area contributed by atoms with Crippen LogP contribution in [0.4, 0.5) is 5.82 Å². The van der Waals surface area contributed by atoms with Crippen molar-refractivity contribution in [3.8, 4) is 17.2 Å². The molecule has 0 saturated carbocycles. The maximum Gasteiger partial charge on any atom is 0.161 e. The largest absolute Gasteiger partial charge is 0.664 e. The zero-order valence-electron chi connectivity index (χ0n) is 30.2. The Kier molecular flexibility index (Phi) is 9.50. The fourth-order valence-corrected chi connectivity index (χ4v) is 8.51. The van der Waals surface area contributed by atoms with Crippen LogP contribution in [0.2, 0.25) is 0 Å². The molecule has 4 N–H and O–H groups in total. The summed E-state index contributed by atoms with van der Waals surface area (Å²) in [6, 6.07) is 21.2. The second-order valence-corrected chi connectivity index (χ2v) is 14.9. The molecule has 5 aromatic rings. The minimum atomic E-state index is -1.30.